The number of benzene rings is 4. The molecule has 5 rings (SSSR count). The molecule has 0 aromatic heterocycles. The molecule has 3 N–H and O–H groups in total. The molecule has 0 spiro atoms. The molecule has 1 heterocycles. The number of carbonyl (C=O) groups is 1. The highest BCUT2D eigenvalue weighted by atomic mass is 79.9. The van der Waals surface area contributed by atoms with E-state index in [0.717, 1.165) is 28.4 Å². The third-order valence-electron chi connectivity index (χ3n) is 7.90. The molecule has 10 nitrogen and oxygen atoms in total. The minimum absolute atomic E-state index is 0.0504. The molecule has 0 fully saturated rings. The van der Waals surface area contributed by atoms with E-state index in [4.69, 9.17) is 25.1 Å². The molecule has 2 atom stereocenters. The van der Waals surface area contributed by atoms with Crippen molar-refractivity contribution in [3.05, 3.63) is 146 Å². The Balaban J connectivity index is 1.51. The van der Waals surface area contributed by atoms with Crippen LogP contribution < -0.4 is 15.6 Å². The van der Waals surface area contributed by atoms with Crippen LogP contribution in [0, 0.1) is 0 Å². The number of nitrogens with one attached hydrogen (secondary N) is 2. The number of carbonyl (C=O) groups excluding carboxylic acids is 1. The fraction of sp³-hybridized carbons (Fsp3) is 0.278. The zero-order valence-electron chi connectivity index (χ0n) is 25.9. The van der Waals surface area contributed by atoms with Gasteiger partial charge in [-0.3, -0.25) is 10.2 Å². The van der Waals surface area contributed by atoms with Crippen molar-refractivity contribution in [2.24, 2.45) is 10.1 Å². The van der Waals surface area contributed by atoms with E-state index in [-0.39, 0.29) is 25.5 Å². The predicted octanol–water partition coefficient (Wildman–Crippen LogP) is 6.77. The number of hydrazine groups is 1. The highest BCUT2D eigenvalue weighted by Crippen LogP contribution is 2.44. The second kappa shape index (κ2) is 16.8. The van der Waals surface area contributed by atoms with E-state index in [2.05, 4.69) is 48.9 Å². The van der Waals surface area contributed by atoms with Crippen LogP contribution in [-0.4, -0.2) is 42.2 Å². The van der Waals surface area contributed by atoms with Crippen molar-refractivity contribution < 1.29 is 19.4 Å². The van der Waals surface area contributed by atoms with Crippen molar-refractivity contribution in [3.63, 3.8) is 0 Å². The lowest BCUT2D eigenvalue weighted by atomic mass is 9.80. The molecule has 0 saturated heterocycles. The lowest BCUT2D eigenvalue weighted by Crippen LogP contribution is -2.54. The zero-order valence-corrected chi connectivity index (χ0v) is 27.5. The molecular weight excluding hydrogens is 660 g/mol. The van der Waals surface area contributed by atoms with Gasteiger partial charge in [0.15, 0.2) is 11.6 Å². The Labute approximate surface area is 282 Å². The quantitative estimate of drug-likeness (QED) is 0.0390. The Morgan fingerprint density at radius 1 is 0.979 bits per heavy atom. The molecule has 0 radical (unpaired) electrons. The Kier molecular flexibility index (Phi) is 12.0. The number of aliphatic imine (C=N–C) groups is 1. The van der Waals surface area contributed by atoms with Gasteiger partial charge in [0, 0.05) is 40.9 Å². The summed E-state index contributed by atoms with van der Waals surface area (Å²) >= 11 is 3.67. The van der Waals surface area contributed by atoms with Crippen molar-refractivity contribution in [1.82, 2.24) is 10.9 Å². The highest BCUT2D eigenvalue weighted by Gasteiger charge is 2.54. The largest absolute Gasteiger partial charge is 0.494 e. The molecule has 0 saturated carbocycles. The lowest BCUT2D eigenvalue weighted by molar-refractivity contribution is -0.130. The van der Waals surface area contributed by atoms with Gasteiger partial charge in [0.25, 0.3) is 5.91 Å². The number of halogens is 1. The average molecular weight is 698 g/mol. The Hall–Kier alpha value is -4.67. The van der Waals surface area contributed by atoms with Crippen LogP contribution in [0.5, 0.6) is 5.75 Å². The minimum atomic E-state index is -1.44. The summed E-state index contributed by atoms with van der Waals surface area (Å²) in [7, 11) is 0. The van der Waals surface area contributed by atoms with E-state index in [1.165, 1.54) is 5.56 Å². The average Bonchev–Trinajstić information content (AvgIpc) is 3.49. The minimum Gasteiger partial charge on any atom is -0.494 e. The number of hydrogen-bond acceptors (Lipinski definition) is 7. The maximum atomic E-state index is 14.5. The SMILES string of the molecule is [N-]=[N+]=NCc1ccccc1[C@@H]1OC(c2ccc(OCCCO)cc2)=N[C@]1(Cc1ccccc1Br)C(=O)NNCCCc1ccccc1. The Morgan fingerprint density at radius 2 is 1.70 bits per heavy atom. The van der Waals surface area contributed by atoms with E-state index >= 15 is 0 Å². The van der Waals surface area contributed by atoms with Crippen LogP contribution >= 0.6 is 15.9 Å². The normalized spacial score (nSPS) is 16.9. The molecule has 11 heteroatoms. The van der Waals surface area contributed by atoms with Crippen LogP contribution in [0.3, 0.4) is 0 Å². The first-order chi connectivity index (χ1) is 23.0. The van der Waals surface area contributed by atoms with Gasteiger partial charge in [0.1, 0.15) is 5.75 Å². The number of ether oxygens (including phenoxy) is 2. The number of rotatable bonds is 16. The molecule has 4 aromatic carbocycles. The maximum Gasteiger partial charge on any atom is 0.266 e. The second-order valence-electron chi connectivity index (χ2n) is 11.1. The predicted molar refractivity (Wildman–Crippen MR) is 185 cm³/mol. The first kappa shape index (κ1) is 33.7. The van der Waals surface area contributed by atoms with Gasteiger partial charge in [-0.1, -0.05) is 93.8 Å². The van der Waals surface area contributed by atoms with Crippen LogP contribution in [0.25, 0.3) is 10.4 Å². The summed E-state index contributed by atoms with van der Waals surface area (Å²) in [4.78, 5) is 22.6. The summed E-state index contributed by atoms with van der Waals surface area (Å²) in [6, 6.07) is 32.7. The second-order valence-corrected chi connectivity index (χ2v) is 12.0. The van der Waals surface area contributed by atoms with Gasteiger partial charge >= 0.3 is 0 Å². The lowest BCUT2D eigenvalue weighted by Gasteiger charge is -2.32. The molecular formula is C36H37BrN6O4. The van der Waals surface area contributed by atoms with Gasteiger partial charge in [-0.2, -0.15) is 0 Å². The zero-order chi connectivity index (χ0) is 32.9. The molecule has 47 heavy (non-hydrogen) atoms. The van der Waals surface area contributed by atoms with Crippen LogP contribution in [-0.2, 0) is 28.9 Å². The topological polar surface area (TPSA) is 141 Å². The first-order valence-electron chi connectivity index (χ1n) is 15.5. The van der Waals surface area contributed by atoms with E-state index < -0.39 is 11.6 Å². The summed E-state index contributed by atoms with van der Waals surface area (Å²) in [6.45, 7) is 1.09. The third-order valence-corrected chi connectivity index (χ3v) is 8.68. The highest BCUT2D eigenvalue weighted by molar-refractivity contribution is 9.10. The van der Waals surface area contributed by atoms with E-state index in [9.17, 15) is 4.79 Å². The number of nitrogens with zero attached hydrogens (tertiary/aromatic N) is 4. The molecule has 1 aliphatic heterocycles. The van der Waals surface area contributed by atoms with E-state index in [1.54, 1.807) is 0 Å². The number of aliphatic hydroxyl groups excluding tert-OH is 1. The monoisotopic (exact) mass is 696 g/mol. The molecule has 0 aliphatic carbocycles. The van der Waals surface area contributed by atoms with Crippen LogP contribution in [0.2, 0.25) is 0 Å². The van der Waals surface area contributed by atoms with Crippen LogP contribution in [0.15, 0.2) is 118 Å². The molecule has 1 amide bonds. The number of aliphatic hydroxyl groups is 1. The van der Waals surface area contributed by atoms with Gasteiger partial charge in [0.2, 0.25) is 5.90 Å². The molecule has 242 valence electrons. The standard InChI is InChI=1S/C36H37BrN6O4/c37-32-16-7-5-13-28(32)24-36(35(45)42-39-21-8-12-26-10-2-1-3-11-26)33(31-15-6-4-14-29(31)25-40-43-38)47-34(41-36)27-17-19-30(20-18-27)46-23-9-22-44/h1-7,10-11,13-20,33,39,44H,8-9,12,21-25H2,(H,42,45)/t33-,36-/m0/s1. The Morgan fingerprint density at radius 3 is 2.45 bits per heavy atom. The summed E-state index contributed by atoms with van der Waals surface area (Å²) in [5.74, 6) is 0.603. The fourth-order valence-electron chi connectivity index (χ4n) is 5.51. The fourth-order valence-corrected chi connectivity index (χ4v) is 5.93. The number of hydrogen-bond donors (Lipinski definition) is 3. The van der Waals surface area contributed by atoms with Crippen molar-refractivity contribution in [3.8, 4) is 5.75 Å². The van der Waals surface area contributed by atoms with Gasteiger partial charge in [0.05, 0.1) is 13.2 Å². The third kappa shape index (κ3) is 8.58. The number of azide groups is 1. The van der Waals surface area contributed by atoms with Crippen LogP contribution in [0.4, 0.5) is 0 Å². The van der Waals surface area contributed by atoms with Crippen molar-refractivity contribution in [2.45, 2.75) is 43.9 Å². The Bertz CT molecular complexity index is 1710. The van der Waals surface area contributed by atoms with Gasteiger partial charge < -0.3 is 14.6 Å². The van der Waals surface area contributed by atoms with Gasteiger partial charge in [-0.25, -0.2) is 10.4 Å². The molecule has 0 bridgehead atoms. The van der Waals surface area contributed by atoms with E-state index in [0.29, 0.717) is 42.3 Å². The number of amides is 1. The van der Waals surface area contributed by atoms with Gasteiger partial charge in [-0.05, 0) is 71.0 Å². The summed E-state index contributed by atoms with van der Waals surface area (Å²) in [5, 5.41) is 12.9. The molecule has 4 aromatic rings. The van der Waals surface area contributed by atoms with Crippen molar-refractivity contribution in [2.75, 3.05) is 19.8 Å². The first-order valence-corrected chi connectivity index (χ1v) is 16.3. The van der Waals surface area contributed by atoms with Crippen molar-refractivity contribution in [1.29, 1.82) is 0 Å². The molecule has 1 aliphatic rings. The number of aryl methyl sites for hydroxylation is 1. The smallest absolute Gasteiger partial charge is 0.266 e. The van der Waals surface area contributed by atoms with Crippen molar-refractivity contribution >= 4 is 27.7 Å². The van der Waals surface area contributed by atoms with Crippen LogP contribution in [0.1, 0.15) is 46.8 Å². The van der Waals surface area contributed by atoms with E-state index in [1.807, 2.05) is 91.0 Å². The summed E-state index contributed by atoms with van der Waals surface area (Å²) in [6.07, 6.45) is 1.59. The maximum absolute atomic E-state index is 14.5. The summed E-state index contributed by atoms with van der Waals surface area (Å²) < 4.78 is 13.2. The molecule has 0 unspecified atom stereocenters. The summed E-state index contributed by atoms with van der Waals surface area (Å²) in [5.41, 5.74) is 18.0. The van der Waals surface area contributed by atoms with Gasteiger partial charge in [-0.15, -0.1) is 0 Å².